The van der Waals surface area contributed by atoms with Gasteiger partial charge in [0.15, 0.2) is 0 Å². The first kappa shape index (κ1) is 7.98. The molecule has 0 amide bonds. The highest BCUT2D eigenvalue weighted by molar-refractivity contribution is 4.60. The normalized spacial score (nSPS) is 24.6. The molecule has 1 atom stereocenters. The van der Waals surface area contributed by atoms with E-state index in [1.807, 2.05) is 0 Å². The highest BCUT2D eigenvalue weighted by Gasteiger charge is 2.15. The van der Waals surface area contributed by atoms with Gasteiger partial charge in [-0.25, -0.2) is 5.21 Å². The van der Waals surface area contributed by atoms with E-state index in [0.29, 0.717) is 11.0 Å². The van der Waals surface area contributed by atoms with Crippen molar-refractivity contribution in [2.45, 2.75) is 12.8 Å². The molecule has 0 bridgehead atoms. The minimum atomic E-state index is 0.312. The molecule has 1 rings (SSSR count). The predicted molar refractivity (Wildman–Crippen MR) is 36.5 cm³/mol. The maximum Gasteiger partial charge on any atom is 0.0845 e. The third-order valence-corrected chi connectivity index (χ3v) is 1.87. The molecular weight excluding hydrogens is 130 g/mol. The summed E-state index contributed by atoms with van der Waals surface area (Å²) in [6.07, 6.45) is 2.14. The van der Waals surface area contributed by atoms with Crippen LogP contribution in [0.3, 0.4) is 0 Å². The van der Waals surface area contributed by atoms with Crippen LogP contribution in [0.25, 0.3) is 0 Å². The van der Waals surface area contributed by atoms with Crippen molar-refractivity contribution in [2.75, 3.05) is 19.8 Å². The fourth-order valence-electron chi connectivity index (χ4n) is 1.28. The molecule has 0 aromatic carbocycles. The fraction of sp³-hybridized carbons (Fsp3) is 0.857. The second-order valence-electron chi connectivity index (χ2n) is 2.83. The van der Waals surface area contributed by atoms with Crippen LogP contribution < -0.4 is 5.06 Å². The Hall–Kier alpha value is -0.120. The van der Waals surface area contributed by atoms with Gasteiger partial charge in [0.05, 0.1) is 6.54 Å². The van der Waals surface area contributed by atoms with Crippen LogP contribution in [0.4, 0.5) is 0 Å². The molecule has 0 radical (unpaired) electrons. The van der Waals surface area contributed by atoms with Gasteiger partial charge in [0.25, 0.3) is 0 Å². The van der Waals surface area contributed by atoms with Crippen molar-refractivity contribution < 1.29 is 15.0 Å². The molecule has 1 aliphatic heterocycles. The van der Waals surface area contributed by atoms with E-state index in [4.69, 9.17) is 9.94 Å². The Morgan fingerprint density at radius 2 is 2.10 bits per heavy atom. The van der Waals surface area contributed by atoms with E-state index < -0.39 is 0 Å². The van der Waals surface area contributed by atoms with Gasteiger partial charge in [0.1, 0.15) is 0 Å². The van der Waals surface area contributed by atoms with Gasteiger partial charge in [-0.1, -0.05) is 0 Å². The van der Waals surface area contributed by atoms with E-state index in [-0.39, 0.29) is 0 Å². The standard InChI is InChI=1S/C7H15NO2/c1-8(9)6-7-2-4-10-5-3-7/h7-9H,1-6H2. The van der Waals surface area contributed by atoms with Gasteiger partial charge in [-0.05, 0) is 12.8 Å². The van der Waals surface area contributed by atoms with E-state index in [1.54, 1.807) is 0 Å². The molecule has 0 saturated carbocycles. The van der Waals surface area contributed by atoms with Crippen molar-refractivity contribution in [2.24, 2.45) is 5.92 Å². The summed E-state index contributed by atoms with van der Waals surface area (Å²) in [5.74, 6) is 0.603. The van der Waals surface area contributed by atoms with Crippen molar-refractivity contribution in [3.8, 4) is 0 Å². The minimum Gasteiger partial charge on any atom is -0.381 e. The Morgan fingerprint density at radius 3 is 2.60 bits per heavy atom. The maximum atomic E-state index is 8.87. The van der Waals surface area contributed by atoms with E-state index in [0.717, 1.165) is 32.6 Å². The molecular formula is C7H15NO2. The van der Waals surface area contributed by atoms with Crippen molar-refractivity contribution in [1.82, 2.24) is 0 Å². The quantitative estimate of drug-likeness (QED) is 0.405. The number of hydrogen-bond acceptors (Lipinski definition) is 2. The van der Waals surface area contributed by atoms with Gasteiger partial charge in [0, 0.05) is 19.1 Å². The van der Waals surface area contributed by atoms with Crippen LogP contribution in [0.2, 0.25) is 0 Å². The van der Waals surface area contributed by atoms with E-state index in [9.17, 15) is 0 Å². The number of ether oxygens (including phenoxy) is 1. The highest BCUT2D eigenvalue weighted by atomic mass is 16.5. The maximum absolute atomic E-state index is 8.87. The average Bonchev–Trinajstić information content (AvgIpc) is 1.88. The fourth-order valence-corrected chi connectivity index (χ4v) is 1.28. The molecule has 1 saturated heterocycles. The lowest BCUT2D eigenvalue weighted by Gasteiger charge is -2.23. The van der Waals surface area contributed by atoms with Gasteiger partial charge < -0.3 is 9.80 Å². The van der Waals surface area contributed by atoms with Crippen molar-refractivity contribution >= 4 is 0 Å². The number of hydroxylamine groups is 2. The molecule has 1 fully saturated rings. The summed E-state index contributed by atoms with van der Waals surface area (Å²) in [4.78, 5) is 0. The molecule has 3 heteroatoms. The molecule has 60 valence electrons. The predicted octanol–water partition coefficient (Wildman–Crippen LogP) is -0.521. The first-order valence-electron chi connectivity index (χ1n) is 3.73. The zero-order valence-electron chi connectivity index (χ0n) is 6.18. The molecule has 1 unspecified atom stereocenters. The third-order valence-electron chi connectivity index (χ3n) is 1.87. The zero-order valence-corrected chi connectivity index (χ0v) is 6.18. The van der Waals surface area contributed by atoms with E-state index >= 15 is 0 Å². The summed E-state index contributed by atoms with van der Waals surface area (Å²) in [5.41, 5.74) is 0. The van der Waals surface area contributed by atoms with E-state index in [1.165, 1.54) is 0 Å². The van der Waals surface area contributed by atoms with Gasteiger partial charge in [-0.2, -0.15) is 0 Å². The lowest BCUT2D eigenvalue weighted by atomic mass is 10.0. The van der Waals surface area contributed by atoms with Gasteiger partial charge in [-0.15, -0.1) is 7.05 Å². The number of rotatable bonds is 2. The summed E-state index contributed by atoms with van der Waals surface area (Å²) >= 11 is 0. The molecule has 2 N–H and O–H groups in total. The van der Waals surface area contributed by atoms with Crippen LogP contribution in [0, 0.1) is 13.0 Å². The lowest BCUT2D eigenvalue weighted by molar-refractivity contribution is -1.05. The average molecular weight is 145 g/mol. The molecule has 0 aromatic heterocycles. The van der Waals surface area contributed by atoms with Crippen LogP contribution in [0.1, 0.15) is 12.8 Å². The second-order valence-corrected chi connectivity index (χ2v) is 2.83. The first-order chi connectivity index (χ1) is 4.79. The number of nitrogens with one attached hydrogen (secondary N) is 1. The number of hydrogen-bond donors (Lipinski definition) is 2. The molecule has 1 heterocycles. The molecule has 0 aromatic rings. The molecule has 0 spiro atoms. The number of quaternary nitrogens is 1. The van der Waals surface area contributed by atoms with Crippen molar-refractivity contribution in [1.29, 1.82) is 0 Å². The molecule has 1 aliphatic rings. The second kappa shape index (κ2) is 3.91. The van der Waals surface area contributed by atoms with Crippen LogP contribution in [0.5, 0.6) is 0 Å². The van der Waals surface area contributed by atoms with Crippen LogP contribution in [-0.4, -0.2) is 25.0 Å². The monoisotopic (exact) mass is 145 g/mol. The Morgan fingerprint density at radius 1 is 1.50 bits per heavy atom. The van der Waals surface area contributed by atoms with Crippen LogP contribution in [-0.2, 0) is 4.74 Å². The molecule has 0 aliphatic carbocycles. The minimum absolute atomic E-state index is 0.312. The topological polar surface area (TPSA) is 33.9 Å². The Labute approximate surface area is 61.5 Å². The Balaban J connectivity index is 2.13. The Bertz CT molecular complexity index is 89.6. The molecule has 3 nitrogen and oxygen atoms in total. The SMILES string of the molecule is [CH2-][NH+](O)CC1CCOCC1. The Kier molecular flexibility index (Phi) is 3.12. The smallest absolute Gasteiger partial charge is 0.0845 e. The summed E-state index contributed by atoms with van der Waals surface area (Å²) < 4.78 is 5.17. The summed E-state index contributed by atoms with van der Waals surface area (Å²) in [5, 5.41) is 9.18. The summed E-state index contributed by atoms with van der Waals surface area (Å²) in [6.45, 7) is 2.44. The summed E-state index contributed by atoms with van der Waals surface area (Å²) in [7, 11) is 3.46. The van der Waals surface area contributed by atoms with Crippen molar-refractivity contribution in [3.63, 3.8) is 0 Å². The zero-order chi connectivity index (χ0) is 7.40. The van der Waals surface area contributed by atoms with Gasteiger partial charge >= 0.3 is 0 Å². The largest absolute Gasteiger partial charge is 0.381 e. The summed E-state index contributed by atoms with van der Waals surface area (Å²) in [6, 6.07) is 0. The van der Waals surface area contributed by atoms with Gasteiger partial charge in [0.2, 0.25) is 0 Å². The van der Waals surface area contributed by atoms with Crippen LogP contribution >= 0.6 is 0 Å². The van der Waals surface area contributed by atoms with Crippen LogP contribution in [0.15, 0.2) is 0 Å². The van der Waals surface area contributed by atoms with E-state index in [2.05, 4.69) is 7.05 Å². The molecule has 10 heavy (non-hydrogen) atoms. The lowest BCUT2D eigenvalue weighted by Crippen LogP contribution is -3.05. The van der Waals surface area contributed by atoms with Crippen molar-refractivity contribution in [3.05, 3.63) is 7.05 Å². The first-order valence-corrected chi connectivity index (χ1v) is 3.73. The highest BCUT2D eigenvalue weighted by Crippen LogP contribution is 2.11. The van der Waals surface area contributed by atoms with Gasteiger partial charge in [-0.3, -0.25) is 0 Å². The third kappa shape index (κ3) is 2.64.